The highest BCUT2D eigenvalue weighted by molar-refractivity contribution is 6.17. The van der Waals surface area contributed by atoms with Crippen LogP contribution < -0.4 is 0 Å². The Morgan fingerprint density at radius 3 is 0.697 bits per heavy atom. The standard InChI is InChI=1S/C94H61N5/c1-8-22-62(23-9-1)72-40-46-84-78(56-72)79-57-73(63-24-10-2-11-25-63)41-47-85(79)97(84)92-90(71-38-36-68(37-39-71)69-52-54-95-55-53-69)91(70-34-20-7-21-35-70)93(98-86-48-42-74(64-26-12-3-13-27-64)58-80(86)81-59-75(43-49-87(81)98)65-28-14-4-15-29-65)96-94(92)99-88-50-44-76(66-30-16-5-17-31-66)60-82(88)83-61-77(45-51-89(83)99)67-32-18-6-19-33-67/h1-61H. The van der Waals surface area contributed by atoms with E-state index in [0.717, 1.165) is 183 Å². The predicted molar refractivity (Wildman–Crippen MR) is 414 cm³/mol. The summed E-state index contributed by atoms with van der Waals surface area (Å²) in [5.74, 6) is 1.57. The Morgan fingerprint density at radius 2 is 0.394 bits per heavy atom. The van der Waals surface area contributed by atoms with E-state index in [2.05, 4.69) is 377 Å². The summed E-state index contributed by atoms with van der Waals surface area (Å²) < 4.78 is 7.51. The summed E-state index contributed by atoms with van der Waals surface area (Å²) >= 11 is 0. The lowest BCUT2D eigenvalue weighted by Gasteiger charge is -2.26. The van der Waals surface area contributed by atoms with Gasteiger partial charge in [0, 0.05) is 55.8 Å². The molecule has 0 atom stereocenters. The molecule has 0 saturated carbocycles. The van der Waals surface area contributed by atoms with Crippen molar-refractivity contribution in [2.75, 3.05) is 0 Å². The summed E-state index contributed by atoms with van der Waals surface area (Å²) in [6.07, 6.45) is 3.75. The molecule has 0 amide bonds. The van der Waals surface area contributed by atoms with Gasteiger partial charge < -0.3 is 4.57 Å². The van der Waals surface area contributed by atoms with Crippen molar-refractivity contribution in [2.24, 2.45) is 0 Å². The van der Waals surface area contributed by atoms with Crippen LogP contribution in [0.5, 0.6) is 0 Å². The minimum Gasteiger partial charge on any atom is -0.305 e. The molecule has 99 heavy (non-hydrogen) atoms. The van der Waals surface area contributed by atoms with Crippen molar-refractivity contribution >= 4 is 65.4 Å². The minimum atomic E-state index is 0.771. The number of pyridine rings is 2. The molecule has 19 aromatic rings. The van der Waals surface area contributed by atoms with Crippen LogP contribution in [0, 0.1) is 0 Å². The summed E-state index contributed by atoms with van der Waals surface area (Å²) in [5, 5.41) is 6.76. The molecule has 0 N–H and O–H groups in total. The maximum absolute atomic E-state index is 6.61. The molecule has 0 fully saturated rings. The Morgan fingerprint density at radius 1 is 0.172 bits per heavy atom. The molecule has 0 aliphatic heterocycles. The molecular weight excluding hydrogens is 1200 g/mol. The molecule has 0 aliphatic carbocycles. The topological polar surface area (TPSA) is 40.6 Å². The number of rotatable bonds is 12. The molecule has 0 unspecified atom stereocenters. The molecule has 0 aliphatic rings. The highest BCUT2D eigenvalue weighted by atomic mass is 15.2. The Hall–Kier alpha value is -13.2. The van der Waals surface area contributed by atoms with E-state index in [9.17, 15) is 0 Å². The SMILES string of the molecule is c1ccc(-c2ccc3c(c2)c2cc(-c4ccccc4)ccc2n3-c2nc(-n3c4ccc(-c5ccccc5)cc4c4cc(-c5ccccc5)ccc43)c(-n3c4ccc(-c5ccccc5)cc4c4cc(-c5ccccc5)ccc43)c(-c3ccc(-c4ccncc4)cc3)c2-c2ccccc2)cc1. The van der Waals surface area contributed by atoms with Crippen LogP contribution in [0.3, 0.4) is 0 Å². The molecular formula is C94H61N5. The molecule has 14 aromatic carbocycles. The van der Waals surface area contributed by atoms with Crippen molar-refractivity contribution in [3.05, 3.63) is 370 Å². The number of hydrogen-bond acceptors (Lipinski definition) is 2. The van der Waals surface area contributed by atoms with Gasteiger partial charge in [-0.05, 0) is 174 Å². The van der Waals surface area contributed by atoms with Gasteiger partial charge in [0.2, 0.25) is 0 Å². The summed E-state index contributed by atoms with van der Waals surface area (Å²) in [5.41, 5.74) is 27.2. The van der Waals surface area contributed by atoms with Crippen LogP contribution in [0.25, 0.3) is 183 Å². The van der Waals surface area contributed by atoms with Crippen molar-refractivity contribution < 1.29 is 0 Å². The van der Waals surface area contributed by atoms with Crippen LogP contribution in [0.1, 0.15) is 0 Å². The summed E-state index contributed by atoms with van der Waals surface area (Å²) in [7, 11) is 0. The second kappa shape index (κ2) is 23.9. The zero-order chi connectivity index (χ0) is 65.3. The van der Waals surface area contributed by atoms with Crippen LogP contribution in [0.4, 0.5) is 0 Å². The highest BCUT2D eigenvalue weighted by Gasteiger charge is 2.32. The van der Waals surface area contributed by atoms with Gasteiger partial charge in [-0.25, -0.2) is 4.98 Å². The van der Waals surface area contributed by atoms with Gasteiger partial charge in [-0.3, -0.25) is 14.1 Å². The van der Waals surface area contributed by atoms with E-state index in [1.165, 1.54) is 0 Å². The molecule has 0 bridgehead atoms. The summed E-state index contributed by atoms with van der Waals surface area (Å²) in [4.78, 5) is 11.0. The lowest BCUT2D eigenvalue weighted by molar-refractivity contribution is 0.987. The molecule has 462 valence electrons. The van der Waals surface area contributed by atoms with E-state index >= 15 is 0 Å². The smallest absolute Gasteiger partial charge is 0.165 e. The first kappa shape index (κ1) is 57.2. The lowest BCUT2D eigenvalue weighted by atomic mass is 9.91. The van der Waals surface area contributed by atoms with E-state index < -0.39 is 0 Å². The Kier molecular flexibility index (Phi) is 13.8. The molecule has 0 spiro atoms. The summed E-state index contributed by atoms with van der Waals surface area (Å²) in [6, 6.07) is 131. The average molecular weight is 1260 g/mol. The van der Waals surface area contributed by atoms with Gasteiger partial charge in [0.1, 0.15) is 5.82 Å². The first-order valence-corrected chi connectivity index (χ1v) is 33.8. The van der Waals surface area contributed by atoms with Gasteiger partial charge in [0.05, 0.1) is 38.8 Å². The first-order chi connectivity index (χ1) is 49.1. The van der Waals surface area contributed by atoms with Crippen molar-refractivity contribution in [3.63, 3.8) is 0 Å². The number of aromatic nitrogens is 5. The largest absolute Gasteiger partial charge is 0.305 e. The van der Waals surface area contributed by atoms with Crippen LogP contribution in [0.2, 0.25) is 0 Å². The fourth-order valence-electron chi connectivity index (χ4n) is 15.2. The fourth-order valence-corrected chi connectivity index (χ4v) is 15.2. The zero-order valence-electron chi connectivity index (χ0n) is 54.0. The molecule has 5 nitrogen and oxygen atoms in total. The van der Waals surface area contributed by atoms with Gasteiger partial charge >= 0.3 is 0 Å². The lowest BCUT2D eigenvalue weighted by Crippen LogP contribution is -2.13. The van der Waals surface area contributed by atoms with Crippen LogP contribution in [0.15, 0.2) is 370 Å². The van der Waals surface area contributed by atoms with Crippen molar-refractivity contribution in [1.29, 1.82) is 0 Å². The summed E-state index contributed by atoms with van der Waals surface area (Å²) in [6.45, 7) is 0. The van der Waals surface area contributed by atoms with Crippen LogP contribution in [-0.2, 0) is 0 Å². The Labute approximate surface area is 573 Å². The fraction of sp³-hybridized carbons (Fsp3) is 0. The van der Waals surface area contributed by atoms with Gasteiger partial charge in [-0.15, -0.1) is 0 Å². The van der Waals surface area contributed by atoms with Gasteiger partial charge in [0.25, 0.3) is 0 Å². The molecule has 5 heterocycles. The minimum absolute atomic E-state index is 0.771. The van der Waals surface area contributed by atoms with E-state index in [4.69, 9.17) is 4.98 Å². The van der Waals surface area contributed by atoms with Gasteiger partial charge in [-0.1, -0.05) is 273 Å². The Balaban J connectivity index is 1.03. The molecule has 0 saturated heterocycles. The van der Waals surface area contributed by atoms with Gasteiger partial charge in [-0.2, -0.15) is 0 Å². The van der Waals surface area contributed by atoms with Crippen LogP contribution in [-0.4, -0.2) is 23.7 Å². The molecule has 5 heteroatoms. The maximum atomic E-state index is 6.61. The van der Waals surface area contributed by atoms with E-state index in [0.29, 0.717) is 0 Å². The third-order valence-electron chi connectivity index (χ3n) is 20.0. The van der Waals surface area contributed by atoms with E-state index in [-0.39, 0.29) is 0 Å². The van der Waals surface area contributed by atoms with Crippen molar-refractivity contribution in [2.45, 2.75) is 0 Å². The Bertz CT molecular complexity index is 5970. The predicted octanol–water partition coefficient (Wildman–Crippen LogP) is 24.8. The first-order valence-electron chi connectivity index (χ1n) is 33.8. The second-order valence-corrected chi connectivity index (χ2v) is 25.6. The second-order valence-electron chi connectivity index (χ2n) is 25.6. The number of nitrogens with zero attached hydrogens (tertiary/aromatic N) is 5. The molecule has 19 rings (SSSR count). The quantitative estimate of drug-likeness (QED) is 0.122. The highest BCUT2D eigenvalue weighted by Crippen LogP contribution is 2.51. The molecule has 0 radical (unpaired) electrons. The normalized spacial score (nSPS) is 11.6. The average Bonchev–Trinajstić information content (AvgIpc) is 1.58. The number of benzene rings is 14. The number of fused-ring (bicyclic) bond motifs is 9. The molecule has 5 aromatic heterocycles. The zero-order valence-corrected chi connectivity index (χ0v) is 54.0. The van der Waals surface area contributed by atoms with Crippen molar-refractivity contribution in [3.8, 4) is 117 Å². The third-order valence-corrected chi connectivity index (χ3v) is 20.0. The number of hydrogen-bond donors (Lipinski definition) is 0. The third kappa shape index (κ3) is 9.86. The van der Waals surface area contributed by atoms with E-state index in [1.807, 2.05) is 12.4 Å². The van der Waals surface area contributed by atoms with Crippen LogP contribution >= 0.6 is 0 Å². The monoisotopic (exact) mass is 1260 g/mol. The van der Waals surface area contributed by atoms with Gasteiger partial charge in [0.15, 0.2) is 5.82 Å². The van der Waals surface area contributed by atoms with E-state index in [1.54, 1.807) is 0 Å². The van der Waals surface area contributed by atoms with Crippen molar-refractivity contribution in [1.82, 2.24) is 23.7 Å². The maximum Gasteiger partial charge on any atom is 0.165 e.